The first-order chi connectivity index (χ1) is 12.6. The van der Waals surface area contributed by atoms with E-state index < -0.39 is 0 Å². The van der Waals surface area contributed by atoms with Crippen molar-refractivity contribution in [3.8, 4) is 11.4 Å². The number of benzene rings is 2. The molecule has 0 bridgehead atoms. The Morgan fingerprint density at radius 3 is 2.62 bits per heavy atom. The average molecular weight is 407 g/mol. The van der Waals surface area contributed by atoms with E-state index in [1.807, 2.05) is 41.8 Å². The molecule has 0 aliphatic heterocycles. The molecule has 0 atom stereocenters. The number of carbonyl (C=O) groups is 1. The van der Waals surface area contributed by atoms with Gasteiger partial charge >= 0.3 is 0 Å². The fraction of sp³-hybridized carbons (Fsp3) is 0.167. The highest BCUT2D eigenvalue weighted by atomic mass is 35.5. The molecule has 3 aromatic rings. The van der Waals surface area contributed by atoms with E-state index >= 15 is 0 Å². The van der Waals surface area contributed by atoms with E-state index in [0.29, 0.717) is 27.4 Å². The second-order valence-electron chi connectivity index (χ2n) is 5.38. The lowest BCUT2D eigenvalue weighted by Crippen LogP contribution is -2.15. The molecule has 5 nitrogen and oxygen atoms in total. The third-order valence-corrected chi connectivity index (χ3v) is 5.12. The van der Waals surface area contributed by atoms with Crippen molar-refractivity contribution < 1.29 is 4.79 Å². The molecular weight excluding hydrogens is 391 g/mol. The van der Waals surface area contributed by atoms with Crippen LogP contribution in [-0.4, -0.2) is 26.4 Å². The number of hydrogen-bond donors (Lipinski definition) is 1. The van der Waals surface area contributed by atoms with E-state index in [-0.39, 0.29) is 11.7 Å². The van der Waals surface area contributed by atoms with Gasteiger partial charge in [0.2, 0.25) is 5.91 Å². The lowest BCUT2D eigenvalue weighted by molar-refractivity contribution is -0.113. The van der Waals surface area contributed by atoms with Crippen LogP contribution >= 0.6 is 35.0 Å². The fourth-order valence-corrected chi connectivity index (χ4v) is 3.65. The van der Waals surface area contributed by atoms with Crippen molar-refractivity contribution in [2.24, 2.45) is 0 Å². The summed E-state index contributed by atoms with van der Waals surface area (Å²) in [6.45, 7) is 2.73. The summed E-state index contributed by atoms with van der Waals surface area (Å²) in [7, 11) is 0. The molecular formula is C18H16Cl2N4OS. The van der Waals surface area contributed by atoms with Crippen LogP contribution in [0.4, 0.5) is 5.69 Å². The quantitative estimate of drug-likeness (QED) is 0.584. The van der Waals surface area contributed by atoms with Crippen molar-refractivity contribution in [2.75, 3.05) is 11.1 Å². The van der Waals surface area contributed by atoms with Gasteiger partial charge in [0.1, 0.15) is 0 Å². The van der Waals surface area contributed by atoms with Gasteiger partial charge in [0.05, 0.1) is 16.5 Å². The van der Waals surface area contributed by atoms with E-state index in [4.69, 9.17) is 23.2 Å². The van der Waals surface area contributed by atoms with Crippen LogP contribution in [0.1, 0.15) is 6.92 Å². The molecule has 0 aliphatic carbocycles. The molecule has 8 heteroatoms. The average Bonchev–Trinajstić information content (AvgIpc) is 3.06. The first-order valence-corrected chi connectivity index (χ1v) is 9.69. The molecule has 2 aromatic carbocycles. The van der Waals surface area contributed by atoms with Gasteiger partial charge in [-0.2, -0.15) is 0 Å². The second kappa shape index (κ2) is 8.58. The number of aromatic nitrogens is 3. The standard InChI is InChI=1S/C18H16Cl2N4OS/c1-2-24-17(12-6-4-3-5-7-12)22-23-18(24)26-11-16(25)21-15-9-8-13(19)10-14(15)20/h3-10H,2,11H2,1H3,(H,21,25). The molecule has 0 radical (unpaired) electrons. The van der Waals surface area contributed by atoms with Crippen LogP contribution in [0.2, 0.25) is 10.0 Å². The number of nitrogens with zero attached hydrogens (tertiary/aromatic N) is 3. The summed E-state index contributed by atoms with van der Waals surface area (Å²) in [6, 6.07) is 14.8. The molecule has 3 rings (SSSR count). The summed E-state index contributed by atoms with van der Waals surface area (Å²) in [5.74, 6) is 0.814. The Morgan fingerprint density at radius 1 is 1.15 bits per heavy atom. The van der Waals surface area contributed by atoms with Gasteiger partial charge < -0.3 is 9.88 Å². The van der Waals surface area contributed by atoms with Crippen LogP contribution in [0.25, 0.3) is 11.4 Å². The Balaban J connectivity index is 1.68. The lowest BCUT2D eigenvalue weighted by atomic mass is 10.2. The number of carbonyl (C=O) groups excluding carboxylic acids is 1. The Hall–Kier alpha value is -2.02. The van der Waals surface area contributed by atoms with Crippen LogP contribution in [-0.2, 0) is 11.3 Å². The molecule has 0 aliphatic rings. The van der Waals surface area contributed by atoms with Gasteiger partial charge in [-0.25, -0.2) is 0 Å². The summed E-state index contributed by atoms with van der Waals surface area (Å²) in [4.78, 5) is 12.2. The largest absolute Gasteiger partial charge is 0.324 e. The summed E-state index contributed by atoms with van der Waals surface area (Å²) in [6.07, 6.45) is 0. The maximum Gasteiger partial charge on any atom is 0.234 e. The van der Waals surface area contributed by atoms with Crippen molar-refractivity contribution in [3.05, 3.63) is 58.6 Å². The number of halogens is 2. The van der Waals surface area contributed by atoms with E-state index in [1.165, 1.54) is 11.8 Å². The number of amides is 1. The SMILES string of the molecule is CCn1c(SCC(=O)Nc2ccc(Cl)cc2Cl)nnc1-c1ccccc1. The van der Waals surface area contributed by atoms with Crippen molar-refractivity contribution in [2.45, 2.75) is 18.6 Å². The first kappa shape index (κ1) is 18.8. The molecule has 0 spiro atoms. The van der Waals surface area contributed by atoms with Crippen molar-refractivity contribution >= 4 is 46.6 Å². The van der Waals surface area contributed by atoms with Gasteiger partial charge in [-0.15, -0.1) is 10.2 Å². The van der Waals surface area contributed by atoms with Crippen molar-refractivity contribution in [1.82, 2.24) is 14.8 Å². The van der Waals surface area contributed by atoms with Gasteiger partial charge in [0.25, 0.3) is 0 Å². The van der Waals surface area contributed by atoms with E-state index in [9.17, 15) is 4.79 Å². The second-order valence-corrected chi connectivity index (χ2v) is 7.16. The minimum absolute atomic E-state index is 0.175. The number of nitrogens with one attached hydrogen (secondary N) is 1. The smallest absolute Gasteiger partial charge is 0.234 e. The molecule has 1 aromatic heterocycles. The summed E-state index contributed by atoms with van der Waals surface area (Å²) in [5.41, 5.74) is 1.52. The van der Waals surface area contributed by atoms with Crippen molar-refractivity contribution in [1.29, 1.82) is 0 Å². The normalized spacial score (nSPS) is 10.7. The van der Waals surface area contributed by atoms with E-state index in [0.717, 1.165) is 11.4 Å². The Kier molecular flexibility index (Phi) is 6.19. The summed E-state index contributed by atoms with van der Waals surface area (Å²) >= 11 is 13.3. The van der Waals surface area contributed by atoms with Gasteiger partial charge in [-0.1, -0.05) is 65.3 Å². The maximum atomic E-state index is 12.2. The van der Waals surface area contributed by atoms with Crippen LogP contribution in [0.15, 0.2) is 53.7 Å². The summed E-state index contributed by atoms with van der Waals surface area (Å²) in [5, 5.41) is 12.9. The third kappa shape index (κ3) is 4.38. The highest BCUT2D eigenvalue weighted by molar-refractivity contribution is 7.99. The highest BCUT2D eigenvalue weighted by Crippen LogP contribution is 2.27. The number of anilines is 1. The number of thioether (sulfide) groups is 1. The van der Waals surface area contributed by atoms with Gasteiger partial charge in [0.15, 0.2) is 11.0 Å². The molecule has 1 amide bonds. The topological polar surface area (TPSA) is 59.8 Å². The third-order valence-electron chi connectivity index (χ3n) is 3.60. The van der Waals surface area contributed by atoms with Gasteiger partial charge in [-0.05, 0) is 25.1 Å². The zero-order valence-electron chi connectivity index (χ0n) is 13.9. The highest BCUT2D eigenvalue weighted by Gasteiger charge is 2.15. The van der Waals surface area contributed by atoms with Crippen LogP contribution in [0, 0.1) is 0 Å². The van der Waals surface area contributed by atoms with E-state index in [2.05, 4.69) is 15.5 Å². The maximum absolute atomic E-state index is 12.2. The van der Waals surface area contributed by atoms with Crippen LogP contribution in [0.3, 0.4) is 0 Å². The zero-order valence-corrected chi connectivity index (χ0v) is 16.3. The van der Waals surface area contributed by atoms with Gasteiger partial charge in [-0.3, -0.25) is 4.79 Å². The predicted molar refractivity (Wildman–Crippen MR) is 107 cm³/mol. The van der Waals surface area contributed by atoms with Crippen LogP contribution < -0.4 is 5.32 Å². The Labute approximate surface area is 165 Å². The number of rotatable bonds is 6. The van der Waals surface area contributed by atoms with Crippen molar-refractivity contribution in [3.63, 3.8) is 0 Å². The monoisotopic (exact) mass is 406 g/mol. The molecule has 0 unspecified atom stereocenters. The van der Waals surface area contributed by atoms with Gasteiger partial charge in [0, 0.05) is 17.1 Å². The predicted octanol–water partition coefficient (Wildman–Crippen LogP) is 5.00. The molecule has 0 saturated heterocycles. The minimum atomic E-state index is -0.175. The first-order valence-electron chi connectivity index (χ1n) is 7.94. The number of hydrogen-bond acceptors (Lipinski definition) is 4. The van der Waals surface area contributed by atoms with E-state index in [1.54, 1.807) is 18.2 Å². The molecule has 1 N–H and O–H groups in total. The van der Waals surface area contributed by atoms with Crippen LogP contribution in [0.5, 0.6) is 0 Å². The molecule has 0 fully saturated rings. The fourth-order valence-electron chi connectivity index (χ4n) is 2.39. The molecule has 1 heterocycles. The Morgan fingerprint density at radius 2 is 1.92 bits per heavy atom. The minimum Gasteiger partial charge on any atom is -0.324 e. The zero-order chi connectivity index (χ0) is 18.5. The molecule has 0 saturated carbocycles. The Bertz CT molecular complexity index is 915. The molecule has 134 valence electrons. The molecule has 26 heavy (non-hydrogen) atoms. The summed E-state index contributed by atoms with van der Waals surface area (Å²) < 4.78 is 1.99. The lowest BCUT2D eigenvalue weighted by Gasteiger charge is -2.09.